The van der Waals surface area contributed by atoms with Crippen LogP contribution < -0.4 is 4.74 Å². The Morgan fingerprint density at radius 3 is 2.42 bits per heavy atom. The van der Waals surface area contributed by atoms with E-state index in [1.54, 1.807) is 6.07 Å². The van der Waals surface area contributed by atoms with Gasteiger partial charge in [0, 0.05) is 17.2 Å². The molecule has 3 rings (SSSR count). The number of nitrogens with zero attached hydrogens (tertiary/aromatic N) is 2. The van der Waals surface area contributed by atoms with E-state index in [4.69, 9.17) is 4.74 Å². The normalized spacial score (nSPS) is 11.6. The highest BCUT2D eigenvalue weighted by atomic mass is 19.4. The van der Waals surface area contributed by atoms with E-state index in [2.05, 4.69) is 15.4 Å². The van der Waals surface area contributed by atoms with Gasteiger partial charge in [-0.2, -0.15) is 13.2 Å². The molecular formula is C18H16F3N3O2. The molecular weight excluding hydrogens is 347 g/mol. The van der Waals surface area contributed by atoms with Crippen LogP contribution in [0.2, 0.25) is 0 Å². The van der Waals surface area contributed by atoms with Crippen LogP contribution >= 0.6 is 0 Å². The van der Waals surface area contributed by atoms with E-state index in [1.165, 1.54) is 25.3 Å². The number of hydrogen-bond acceptors (Lipinski definition) is 4. The molecule has 8 heteroatoms. The number of nitrogens with one attached hydrogen (secondary N) is 1. The fourth-order valence-corrected chi connectivity index (χ4v) is 2.71. The largest absolute Gasteiger partial charge is 0.507 e. The van der Waals surface area contributed by atoms with Gasteiger partial charge in [-0.3, -0.25) is 5.10 Å². The summed E-state index contributed by atoms with van der Waals surface area (Å²) in [5.74, 6) is 0.495. The molecule has 0 aliphatic heterocycles. The van der Waals surface area contributed by atoms with Gasteiger partial charge in [0.2, 0.25) is 0 Å². The number of aromatic hydroxyl groups is 1. The van der Waals surface area contributed by atoms with Crippen molar-refractivity contribution in [2.45, 2.75) is 19.5 Å². The first-order valence-corrected chi connectivity index (χ1v) is 7.84. The molecule has 1 heterocycles. The quantitative estimate of drug-likeness (QED) is 0.719. The van der Waals surface area contributed by atoms with Crippen LogP contribution in [-0.2, 0) is 12.6 Å². The third-order valence-corrected chi connectivity index (χ3v) is 4.08. The highest BCUT2D eigenvalue weighted by Crippen LogP contribution is 2.39. The Labute approximate surface area is 147 Å². The minimum Gasteiger partial charge on any atom is -0.507 e. The molecule has 5 nitrogen and oxygen atoms in total. The van der Waals surface area contributed by atoms with Gasteiger partial charge in [0.05, 0.1) is 18.4 Å². The summed E-state index contributed by atoms with van der Waals surface area (Å²) in [6, 6.07) is 7.88. The van der Waals surface area contributed by atoms with E-state index >= 15 is 0 Å². The van der Waals surface area contributed by atoms with Gasteiger partial charge in [-0.25, -0.2) is 0 Å². The van der Waals surface area contributed by atoms with Crippen LogP contribution in [0.4, 0.5) is 13.2 Å². The number of methoxy groups -OCH3 is 1. The second kappa shape index (κ2) is 6.70. The predicted molar refractivity (Wildman–Crippen MR) is 89.9 cm³/mol. The van der Waals surface area contributed by atoms with Gasteiger partial charge in [0.1, 0.15) is 17.2 Å². The number of aryl methyl sites for hydroxylation is 1. The van der Waals surface area contributed by atoms with Gasteiger partial charge >= 0.3 is 6.18 Å². The van der Waals surface area contributed by atoms with Crippen molar-refractivity contribution in [3.8, 4) is 34.0 Å². The Balaban J connectivity index is 2.07. The van der Waals surface area contributed by atoms with Gasteiger partial charge in [0.25, 0.3) is 0 Å². The average Bonchev–Trinajstić information content (AvgIpc) is 3.10. The van der Waals surface area contributed by atoms with Gasteiger partial charge < -0.3 is 9.84 Å². The number of rotatable bonds is 4. The second-order valence-corrected chi connectivity index (χ2v) is 5.65. The molecule has 0 fully saturated rings. The van der Waals surface area contributed by atoms with Crippen molar-refractivity contribution in [2.24, 2.45) is 0 Å². The number of benzene rings is 2. The maximum atomic E-state index is 12.7. The molecule has 0 radical (unpaired) electrons. The van der Waals surface area contributed by atoms with E-state index in [0.29, 0.717) is 34.7 Å². The molecule has 0 spiro atoms. The van der Waals surface area contributed by atoms with Crippen LogP contribution in [0, 0.1) is 0 Å². The topological polar surface area (TPSA) is 71.0 Å². The van der Waals surface area contributed by atoms with Crippen LogP contribution in [0.25, 0.3) is 22.5 Å². The molecule has 0 amide bonds. The summed E-state index contributed by atoms with van der Waals surface area (Å²) in [7, 11) is 1.51. The molecule has 0 atom stereocenters. The van der Waals surface area contributed by atoms with Crippen LogP contribution in [-0.4, -0.2) is 27.6 Å². The number of alkyl halides is 3. The molecule has 0 unspecified atom stereocenters. The van der Waals surface area contributed by atoms with Crippen molar-refractivity contribution in [3.63, 3.8) is 0 Å². The van der Waals surface area contributed by atoms with Crippen molar-refractivity contribution in [1.82, 2.24) is 15.4 Å². The Bertz CT molecular complexity index is 918. The highest BCUT2D eigenvalue weighted by molar-refractivity contribution is 5.81. The summed E-state index contributed by atoms with van der Waals surface area (Å²) in [5, 5.41) is 20.8. The summed E-state index contributed by atoms with van der Waals surface area (Å²) in [6.07, 6.45) is -3.73. The minimum atomic E-state index is -4.40. The first kappa shape index (κ1) is 17.8. The van der Waals surface area contributed by atoms with E-state index in [9.17, 15) is 18.3 Å². The lowest BCUT2D eigenvalue weighted by molar-refractivity contribution is -0.137. The van der Waals surface area contributed by atoms with Crippen molar-refractivity contribution in [2.75, 3.05) is 7.11 Å². The maximum absolute atomic E-state index is 12.7. The fraction of sp³-hybridized carbons (Fsp3) is 0.222. The summed E-state index contributed by atoms with van der Waals surface area (Å²) in [4.78, 5) is 0. The lowest BCUT2D eigenvalue weighted by Crippen LogP contribution is -2.04. The third-order valence-electron chi connectivity index (χ3n) is 4.08. The first-order valence-electron chi connectivity index (χ1n) is 7.84. The van der Waals surface area contributed by atoms with Gasteiger partial charge in [-0.1, -0.05) is 24.3 Å². The number of hydrogen-bond donors (Lipinski definition) is 2. The molecule has 2 N–H and O–H groups in total. The molecule has 0 saturated heterocycles. The van der Waals surface area contributed by atoms with Crippen LogP contribution in [0.15, 0.2) is 36.4 Å². The number of aromatic nitrogens is 3. The van der Waals surface area contributed by atoms with Crippen LogP contribution in [0.3, 0.4) is 0 Å². The van der Waals surface area contributed by atoms with Gasteiger partial charge in [-0.15, -0.1) is 5.10 Å². The van der Waals surface area contributed by atoms with E-state index in [-0.39, 0.29) is 5.75 Å². The number of phenols is 1. The molecule has 26 heavy (non-hydrogen) atoms. The molecule has 2 aromatic carbocycles. The molecule has 0 aliphatic carbocycles. The lowest BCUT2D eigenvalue weighted by atomic mass is 10.00. The Kier molecular flexibility index (Phi) is 4.58. The van der Waals surface area contributed by atoms with E-state index in [1.807, 2.05) is 6.92 Å². The first-order chi connectivity index (χ1) is 12.3. The van der Waals surface area contributed by atoms with Crippen molar-refractivity contribution in [3.05, 3.63) is 47.5 Å². The molecule has 0 saturated carbocycles. The predicted octanol–water partition coefficient (Wildman–Crippen LogP) is 4.43. The molecule has 3 aromatic rings. The summed E-state index contributed by atoms with van der Waals surface area (Å²) < 4.78 is 43.4. The summed E-state index contributed by atoms with van der Waals surface area (Å²) >= 11 is 0. The Morgan fingerprint density at radius 2 is 1.85 bits per heavy atom. The SMILES string of the molecule is CCc1cc(-c2nn[nH]c2-c2ccc(C(F)(F)F)cc2)c(O)cc1OC. The Morgan fingerprint density at radius 1 is 1.15 bits per heavy atom. The van der Waals surface area contributed by atoms with Crippen LogP contribution in [0.1, 0.15) is 18.1 Å². The van der Waals surface area contributed by atoms with Crippen molar-refractivity contribution >= 4 is 0 Å². The van der Waals surface area contributed by atoms with E-state index < -0.39 is 11.7 Å². The maximum Gasteiger partial charge on any atom is 0.416 e. The lowest BCUT2D eigenvalue weighted by Gasteiger charge is -2.11. The van der Waals surface area contributed by atoms with Gasteiger partial charge in [-0.05, 0) is 30.2 Å². The zero-order chi connectivity index (χ0) is 18.9. The number of ether oxygens (including phenoxy) is 1. The molecule has 136 valence electrons. The standard InChI is InChI=1S/C18H16F3N3O2/c1-3-10-8-13(14(25)9-15(10)26-2)17-16(22-24-23-17)11-4-6-12(7-5-11)18(19,20)21/h4-9,25H,3H2,1-2H3,(H,22,23,24). The monoisotopic (exact) mass is 363 g/mol. The zero-order valence-corrected chi connectivity index (χ0v) is 14.1. The zero-order valence-electron chi connectivity index (χ0n) is 14.1. The molecule has 0 bridgehead atoms. The van der Waals surface area contributed by atoms with E-state index in [0.717, 1.165) is 17.7 Å². The average molecular weight is 363 g/mol. The second-order valence-electron chi connectivity index (χ2n) is 5.65. The van der Waals surface area contributed by atoms with Crippen molar-refractivity contribution in [1.29, 1.82) is 0 Å². The summed E-state index contributed by atoms with van der Waals surface area (Å²) in [5.41, 5.74) is 1.79. The minimum absolute atomic E-state index is 0.0545. The number of halogens is 3. The smallest absolute Gasteiger partial charge is 0.416 e. The summed E-state index contributed by atoms with van der Waals surface area (Å²) in [6.45, 7) is 1.94. The molecule has 1 aromatic heterocycles. The number of H-pyrrole nitrogens is 1. The number of aromatic amines is 1. The molecule has 0 aliphatic rings. The fourth-order valence-electron chi connectivity index (χ4n) is 2.71. The third kappa shape index (κ3) is 3.22. The van der Waals surface area contributed by atoms with Gasteiger partial charge in [0.15, 0.2) is 0 Å². The Hall–Kier alpha value is -3.03. The highest BCUT2D eigenvalue weighted by Gasteiger charge is 2.30. The number of phenolic OH excluding ortho intramolecular Hbond substituents is 1. The van der Waals surface area contributed by atoms with Crippen molar-refractivity contribution < 1.29 is 23.0 Å². The van der Waals surface area contributed by atoms with Crippen LogP contribution in [0.5, 0.6) is 11.5 Å².